The molecule has 2 fully saturated rings. The van der Waals surface area contributed by atoms with Gasteiger partial charge in [0.1, 0.15) is 0 Å². The lowest BCUT2D eigenvalue weighted by Crippen LogP contribution is -2.30. The van der Waals surface area contributed by atoms with Crippen LogP contribution in [0.3, 0.4) is 0 Å². The summed E-state index contributed by atoms with van der Waals surface area (Å²) in [5.74, 6) is 1.43. The molecule has 0 spiro atoms. The van der Waals surface area contributed by atoms with E-state index < -0.39 is 0 Å². The fourth-order valence-corrected chi connectivity index (χ4v) is 3.53. The lowest BCUT2D eigenvalue weighted by atomic mass is 9.76. The Morgan fingerprint density at radius 1 is 1.47 bits per heavy atom. The molecular weight excluding hydrogens is 184 g/mol. The molecule has 86 valence electrons. The smallest absolute Gasteiger partial charge is 0.0576 e. The number of hydrogen-bond donors (Lipinski definition) is 1. The van der Waals surface area contributed by atoms with Crippen molar-refractivity contribution in [2.45, 2.75) is 58.0 Å². The molecule has 0 heterocycles. The molecule has 1 heteroatoms. The topological polar surface area (TPSA) is 20.2 Å². The van der Waals surface area contributed by atoms with Crippen molar-refractivity contribution >= 4 is 0 Å². The molecule has 0 aromatic rings. The van der Waals surface area contributed by atoms with Gasteiger partial charge in [-0.05, 0) is 49.4 Å². The first kappa shape index (κ1) is 11.2. The molecule has 0 radical (unpaired) electrons. The van der Waals surface area contributed by atoms with Crippen LogP contribution in [0.1, 0.15) is 51.9 Å². The Morgan fingerprint density at radius 2 is 2.27 bits per heavy atom. The third-order valence-corrected chi connectivity index (χ3v) is 4.60. The highest BCUT2D eigenvalue weighted by molar-refractivity contribution is 5.08. The maximum atomic E-state index is 10.1. The second kappa shape index (κ2) is 4.29. The zero-order chi connectivity index (χ0) is 10.9. The number of fused-ring (bicyclic) bond motifs is 1. The van der Waals surface area contributed by atoms with Crippen LogP contribution in [0.25, 0.3) is 0 Å². The van der Waals surface area contributed by atoms with Gasteiger partial charge in [-0.3, -0.25) is 0 Å². The molecule has 0 aromatic carbocycles. The average molecular weight is 208 g/mol. The lowest BCUT2D eigenvalue weighted by Gasteiger charge is -2.32. The number of rotatable bonds is 5. The van der Waals surface area contributed by atoms with Crippen molar-refractivity contribution in [2.24, 2.45) is 17.3 Å². The Kier molecular flexibility index (Phi) is 3.20. The Balaban J connectivity index is 1.89. The summed E-state index contributed by atoms with van der Waals surface area (Å²) in [6, 6.07) is 0. The third kappa shape index (κ3) is 2.13. The molecule has 4 atom stereocenters. The van der Waals surface area contributed by atoms with Crippen LogP contribution in [0.15, 0.2) is 12.7 Å². The van der Waals surface area contributed by atoms with Gasteiger partial charge in [0.15, 0.2) is 0 Å². The predicted molar refractivity (Wildman–Crippen MR) is 63.6 cm³/mol. The second-order valence-corrected chi connectivity index (χ2v) is 5.66. The first-order valence-electron chi connectivity index (χ1n) is 6.51. The standard InChI is InChI=1S/C14H24O/c1-3-5-7-14-9-12(14)8-11(6-4-2)13(15)10-14/h4,11-13,15H,2-3,5-10H2,1H3/t11-,12-,13+,14-/m0/s1. The molecule has 0 aromatic heterocycles. The predicted octanol–water partition coefficient (Wildman–Crippen LogP) is 3.53. The van der Waals surface area contributed by atoms with Crippen LogP contribution >= 0.6 is 0 Å². The van der Waals surface area contributed by atoms with E-state index in [1.807, 2.05) is 6.08 Å². The summed E-state index contributed by atoms with van der Waals surface area (Å²) in [5.41, 5.74) is 0.563. The van der Waals surface area contributed by atoms with Gasteiger partial charge in [0.25, 0.3) is 0 Å². The molecule has 1 nitrogen and oxygen atoms in total. The molecule has 2 saturated carbocycles. The molecule has 1 N–H and O–H groups in total. The van der Waals surface area contributed by atoms with E-state index in [1.54, 1.807) is 0 Å². The molecule has 2 aliphatic carbocycles. The fourth-order valence-electron chi connectivity index (χ4n) is 3.53. The van der Waals surface area contributed by atoms with Gasteiger partial charge in [-0.2, -0.15) is 0 Å². The van der Waals surface area contributed by atoms with Crippen molar-refractivity contribution in [3.05, 3.63) is 12.7 Å². The van der Waals surface area contributed by atoms with Gasteiger partial charge in [-0.15, -0.1) is 6.58 Å². The molecule has 0 bridgehead atoms. The summed E-state index contributed by atoms with van der Waals surface area (Å²) in [5, 5.41) is 10.1. The first-order chi connectivity index (χ1) is 7.22. The molecule has 2 aliphatic rings. The molecule has 0 saturated heterocycles. The molecule has 0 amide bonds. The average Bonchev–Trinajstić information content (AvgIpc) is 2.89. The van der Waals surface area contributed by atoms with Crippen LogP contribution in [0.5, 0.6) is 0 Å². The number of aliphatic hydroxyl groups is 1. The zero-order valence-electron chi connectivity index (χ0n) is 9.91. The molecule has 15 heavy (non-hydrogen) atoms. The maximum absolute atomic E-state index is 10.1. The molecular formula is C14H24O. The van der Waals surface area contributed by atoms with Crippen LogP contribution in [0, 0.1) is 17.3 Å². The van der Waals surface area contributed by atoms with E-state index in [0.717, 1.165) is 18.8 Å². The summed E-state index contributed by atoms with van der Waals surface area (Å²) in [6.45, 7) is 6.04. The summed E-state index contributed by atoms with van der Waals surface area (Å²) in [4.78, 5) is 0. The minimum absolute atomic E-state index is 0.0568. The highest BCUT2D eigenvalue weighted by Crippen LogP contribution is 2.65. The third-order valence-electron chi connectivity index (χ3n) is 4.60. The van der Waals surface area contributed by atoms with Crippen LogP contribution in [0.2, 0.25) is 0 Å². The number of aliphatic hydroxyl groups excluding tert-OH is 1. The van der Waals surface area contributed by atoms with E-state index in [0.29, 0.717) is 11.3 Å². The van der Waals surface area contributed by atoms with Crippen molar-refractivity contribution in [3.63, 3.8) is 0 Å². The monoisotopic (exact) mass is 208 g/mol. The van der Waals surface area contributed by atoms with Crippen LogP contribution in [0.4, 0.5) is 0 Å². The van der Waals surface area contributed by atoms with Crippen LogP contribution < -0.4 is 0 Å². The zero-order valence-corrected chi connectivity index (χ0v) is 9.91. The van der Waals surface area contributed by atoms with Gasteiger partial charge in [-0.1, -0.05) is 25.8 Å². The fraction of sp³-hybridized carbons (Fsp3) is 0.857. The second-order valence-electron chi connectivity index (χ2n) is 5.66. The molecule has 0 unspecified atom stereocenters. The van der Waals surface area contributed by atoms with Gasteiger partial charge in [0.2, 0.25) is 0 Å². The lowest BCUT2D eigenvalue weighted by molar-refractivity contribution is 0.0385. The number of hydrogen-bond acceptors (Lipinski definition) is 1. The van der Waals surface area contributed by atoms with Gasteiger partial charge >= 0.3 is 0 Å². The number of allylic oxidation sites excluding steroid dienone is 1. The van der Waals surface area contributed by atoms with Gasteiger partial charge in [0, 0.05) is 0 Å². The molecule has 0 aliphatic heterocycles. The highest BCUT2D eigenvalue weighted by Gasteiger charge is 2.57. The molecule has 2 rings (SSSR count). The summed E-state index contributed by atoms with van der Waals surface area (Å²) >= 11 is 0. The van der Waals surface area contributed by atoms with E-state index in [1.165, 1.54) is 32.1 Å². The van der Waals surface area contributed by atoms with E-state index in [4.69, 9.17) is 0 Å². The summed E-state index contributed by atoms with van der Waals surface area (Å²) in [6.07, 6.45) is 10.6. The normalized spacial score (nSPS) is 43.5. The summed E-state index contributed by atoms with van der Waals surface area (Å²) in [7, 11) is 0. The van der Waals surface area contributed by atoms with Gasteiger partial charge < -0.3 is 5.11 Å². The Morgan fingerprint density at radius 3 is 2.93 bits per heavy atom. The highest BCUT2D eigenvalue weighted by atomic mass is 16.3. The largest absolute Gasteiger partial charge is 0.393 e. The van der Waals surface area contributed by atoms with Crippen molar-refractivity contribution in [1.82, 2.24) is 0 Å². The van der Waals surface area contributed by atoms with Crippen molar-refractivity contribution in [1.29, 1.82) is 0 Å². The van der Waals surface area contributed by atoms with Crippen LogP contribution in [-0.4, -0.2) is 11.2 Å². The maximum Gasteiger partial charge on any atom is 0.0576 e. The van der Waals surface area contributed by atoms with E-state index >= 15 is 0 Å². The minimum Gasteiger partial charge on any atom is -0.393 e. The Hall–Kier alpha value is -0.300. The van der Waals surface area contributed by atoms with Crippen LogP contribution in [-0.2, 0) is 0 Å². The SMILES string of the molecule is C=CC[C@H]1C[C@H]2C[C@@]2(CCCC)C[C@H]1O. The summed E-state index contributed by atoms with van der Waals surface area (Å²) < 4.78 is 0. The Bertz CT molecular complexity index is 235. The van der Waals surface area contributed by atoms with Gasteiger partial charge in [-0.25, -0.2) is 0 Å². The van der Waals surface area contributed by atoms with Gasteiger partial charge in [0.05, 0.1) is 6.10 Å². The van der Waals surface area contributed by atoms with Crippen molar-refractivity contribution < 1.29 is 5.11 Å². The van der Waals surface area contributed by atoms with Crippen molar-refractivity contribution in [3.8, 4) is 0 Å². The van der Waals surface area contributed by atoms with E-state index in [9.17, 15) is 5.11 Å². The first-order valence-corrected chi connectivity index (χ1v) is 6.51. The minimum atomic E-state index is -0.0568. The number of unbranched alkanes of at least 4 members (excludes halogenated alkanes) is 1. The van der Waals surface area contributed by atoms with Crippen molar-refractivity contribution in [2.75, 3.05) is 0 Å². The van der Waals surface area contributed by atoms with E-state index in [2.05, 4.69) is 13.5 Å². The quantitative estimate of drug-likeness (QED) is 0.685. The van der Waals surface area contributed by atoms with E-state index in [-0.39, 0.29) is 6.10 Å². The Labute approximate surface area is 93.6 Å².